The maximum absolute atomic E-state index is 11.5. The lowest BCUT2D eigenvalue weighted by Crippen LogP contribution is -2.33. The smallest absolute Gasteiger partial charge is 0.407 e. The standard InChI is InChI=1S/C15H19Br2N5O4/c1-15(2,3)26-14(23)19-6-4-5-18-13-20-9-7-8(16)10(17)12(22(24)25)11(9)21-13/h7H,4-6H2,1-3H3,(H,19,23)(H2,18,20,21). The highest BCUT2D eigenvalue weighted by Gasteiger charge is 2.23. The lowest BCUT2D eigenvalue weighted by Gasteiger charge is -2.19. The van der Waals surface area contributed by atoms with E-state index >= 15 is 0 Å². The molecule has 11 heteroatoms. The predicted molar refractivity (Wildman–Crippen MR) is 105 cm³/mol. The summed E-state index contributed by atoms with van der Waals surface area (Å²) in [5.41, 5.74) is 0.166. The number of halogens is 2. The molecule has 1 heterocycles. The summed E-state index contributed by atoms with van der Waals surface area (Å²) in [6.45, 7) is 6.34. The minimum Gasteiger partial charge on any atom is -0.444 e. The molecule has 2 rings (SSSR count). The van der Waals surface area contributed by atoms with E-state index in [9.17, 15) is 14.9 Å². The highest BCUT2D eigenvalue weighted by molar-refractivity contribution is 9.13. The van der Waals surface area contributed by atoms with Crippen molar-refractivity contribution in [1.29, 1.82) is 0 Å². The number of amides is 1. The van der Waals surface area contributed by atoms with Crippen molar-refractivity contribution in [2.24, 2.45) is 0 Å². The number of aromatic amines is 1. The van der Waals surface area contributed by atoms with E-state index in [1.165, 1.54) is 0 Å². The Labute approximate surface area is 166 Å². The largest absolute Gasteiger partial charge is 0.444 e. The van der Waals surface area contributed by atoms with Gasteiger partial charge in [-0.3, -0.25) is 10.1 Å². The van der Waals surface area contributed by atoms with Gasteiger partial charge in [0.1, 0.15) is 10.1 Å². The van der Waals surface area contributed by atoms with Crippen LogP contribution in [0.3, 0.4) is 0 Å². The molecule has 0 bridgehead atoms. The molecule has 0 spiro atoms. The molecule has 26 heavy (non-hydrogen) atoms. The minimum absolute atomic E-state index is 0.106. The van der Waals surface area contributed by atoms with Crippen LogP contribution in [0.15, 0.2) is 15.0 Å². The van der Waals surface area contributed by atoms with Crippen molar-refractivity contribution >= 4 is 60.6 Å². The van der Waals surface area contributed by atoms with E-state index in [1.807, 2.05) is 0 Å². The number of carbonyl (C=O) groups is 1. The first-order valence-corrected chi connectivity index (χ1v) is 9.40. The topological polar surface area (TPSA) is 122 Å². The Kier molecular flexibility index (Phi) is 6.45. The van der Waals surface area contributed by atoms with E-state index in [2.05, 4.69) is 52.5 Å². The number of anilines is 1. The van der Waals surface area contributed by atoms with E-state index in [0.717, 1.165) is 0 Å². The molecule has 0 radical (unpaired) electrons. The van der Waals surface area contributed by atoms with Crippen LogP contribution in [0.5, 0.6) is 0 Å². The van der Waals surface area contributed by atoms with Crippen molar-refractivity contribution < 1.29 is 14.5 Å². The molecular formula is C15H19Br2N5O4. The highest BCUT2D eigenvalue weighted by Crippen LogP contribution is 2.38. The monoisotopic (exact) mass is 491 g/mol. The summed E-state index contributed by atoms with van der Waals surface area (Å²) < 4.78 is 6.04. The number of H-pyrrole nitrogens is 1. The van der Waals surface area contributed by atoms with Crippen LogP contribution in [-0.4, -0.2) is 39.7 Å². The zero-order valence-corrected chi connectivity index (χ0v) is 17.7. The number of ether oxygens (including phenoxy) is 1. The van der Waals surface area contributed by atoms with Crippen LogP contribution in [0.2, 0.25) is 0 Å². The second-order valence-corrected chi connectivity index (χ2v) is 8.12. The summed E-state index contributed by atoms with van der Waals surface area (Å²) in [6.07, 6.45) is 0.165. The first kappa shape index (κ1) is 20.4. The van der Waals surface area contributed by atoms with Crippen LogP contribution in [0.4, 0.5) is 16.4 Å². The van der Waals surface area contributed by atoms with Crippen LogP contribution in [0, 0.1) is 10.1 Å². The van der Waals surface area contributed by atoms with Gasteiger partial charge in [-0.1, -0.05) is 0 Å². The molecule has 0 saturated heterocycles. The average molecular weight is 493 g/mol. The third-order valence-electron chi connectivity index (χ3n) is 3.14. The van der Waals surface area contributed by atoms with Gasteiger partial charge < -0.3 is 20.4 Å². The van der Waals surface area contributed by atoms with Crippen LogP contribution in [0.1, 0.15) is 27.2 Å². The zero-order chi connectivity index (χ0) is 19.5. The first-order chi connectivity index (χ1) is 12.1. The molecule has 142 valence electrons. The third-order valence-corrected chi connectivity index (χ3v) is 5.10. The normalized spacial score (nSPS) is 11.4. The Morgan fingerprint density at radius 1 is 1.38 bits per heavy atom. The van der Waals surface area contributed by atoms with Gasteiger partial charge in [0.05, 0.1) is 10.4 Å². The number of alkyl carbamates (subject to hydrolysis) is 1. The lowest BCUT2D eigenvalue weighted by atomic mass is 10.2. The van der Waals surface area contributed by atoms with Gasteiger partial charge in [0.2, 0.25) is 5.95 Å². The Hall–Kier alpha value is -1.88. The molecule has 0 saturated carbocycles. The van der Waals surface area contributed by atoms with E-state index in [-0.39, 0.29) is 11.2 Å². The number of fused-ring (bicyclic) bond motifs is 1. The molecular weight excluding hydrogens is 474 g/mol. The lowest BCUT2D eigenvalue weighted by molar-refractivity contribution is -0.384. The van der Waals surface area contributed by atoms with Gasteiger partial charge in [0.15, 0.2) is 5.52 Å². The fourth-order valence-electron chi connectivity index (χ4n) is 2.13. The Bertz CT molecular complexity index is 832. The summed E-state index contributed by atoms with van der Waals surface area (Å²) in [5.74, 6) is 0.422. The molecule has 0 atom stereocenters. The van der Waals surface area contributed by atoms with Gasteiger partial charge in [-0.05, 0) is 65.1 Å². The maximum Gasteiger partial charge on any atom is 0.407 e. The number of hydrogen-bond acceptors (Lipinski definition) is 6. The molecule has 0 fully saturated rings. The third kappa shape index (κ3) is 5.31. The molecule has 1 amide bonds. The van der Waals surface area contributed by atoms with Crippen LogP contribution in [-0.2, 0) is 4.74 Å². The summed E-state index contributed by atoms with van der Waals surface area (Å²) in [4.78, 5) is 29.6. The van der Waals surface area contributed by atoms with Gasteiger partial charge in [-0.2, -0.15) is 0 Å². The van der Waals surface area contributed by atoms with Crippen LogP contribution in [0.25, 0.3) is 11.0 Å². The number of benzene rings is 1. The number of nitro groups is 1. The highest BCUT2D eigenvalue weighted by atomic mass is 79.9. The first-order valence-electron chi connectivity index (χ1n) is 7.81. The van der Waals surface area contributed by atoms with Crippen molar-refractivity contribution in [3.8, 4) is 0 Å². The molecule has 0 aliphatic rings. The maximum atomic E-state index is 11.5. The van der Waals surface area contributed by atoms with Gasteiger partial charge in [0.25, 0.3) is 0 Å². The Morgan fingerprint density at radius 2 is 2.08 bits per heavy atom. The van der Waals surface area contributed by atoms with Gasteiger partial charge in [0, 0.05) is 17.6 Å². The second-order valence-electron chi connectivity index (χ2n) is 6.47. The fourth-order valence-corrected chi connectivity index (χ4v) is 2.99. The van der Waals surface area contributed by atoms with E-state index in [4.69, 9.17) is 4.74 Å². The van der Waals surface area contributed by atoms with Gasteiger partial charge in [-0.25, -0.2) is 9.78 Å². The molecule has 0 aliphatic carbocycles. The molecule has 2 aromatic rings. The Morgan fingerprint density at radius 3 is 2.69 bits per heavy atom. The number of aromatic nitrogens is 2. The summed E-state index contributed by atoms with van der Waals surface area (Å²) in [5, 5.41) is 17.0. The van der Waals surface area contributed by atoms with Gasteiger partial charge >= 0.3 is 11.8 Å². The van der Waals surface area contributed by atoms with Crippen molar-refractivity contribution in [3.05, 3.63) is 25.1 Å². The van der Waals surface area contributed by atoms with Crippen molar-refractivity contribution in [2.75, 3.05) is 18.4 Å². The predicted octanol–water partition coefficient (Wildman–Crippen LogP) is 4.32. The zero-order valence-electron chi connectivity index (χ0n) is 14.5. The van der Waals surface area contributed by atoms with E-state index in [1.54, 1.807) is 26.8 Å². The number of imidazole rings is 1. The Balaban J connectivity index is 1.93. The number of carbonyl (C=O) groups excluding carboxylic acids is 1. The number of hydrogen-bond donors (Lipinski definition) is 3. The number of nitrogens with zero attached hydrogens (tertiary/aromatic N) is 2. The second kappa shape index (κ2) is 8.21. The van der Waals surface area contributed by atoms with Crippen LogP contribution >= 0.6 is 31.9 Å². The van der Waals surface area contributed by atoms with E-state index < -0.39 is 16.6 Å². The quantitative estimate of drug-likeness (QED) is 0.313. The number of rotatable bonds is 6. The SMILES string of the molecule is CC(C)(C)OC(=O)NCCCNc1nc2c([N+](=O)[O-])c(Br)c(Br)cc2[nH]1. The number of nitro benzene ring substituents is 1. The molecule has 0 unspecified atom stereocenters. The van der Waals surface area contributed by atoms with Crippen molar-refractivity contribution in [2.45, 2.75) is 32.8 Å². The van der Waals surface area contributed by atoms with Crippen molar-refractivity contribution in [3.63, 3.8) is 0 Å². The average Bonchev–Trinajstić information content (AvgIpc) is 2.87. The summed E-state index contributed by atoms with van der Waals surface area (Å²) in [7, 11) is 0. The molecule has 1 aromatic heterocycles. The summed E-state index contributed by atoms with van der Waals surface area (Å²) >= 11 is 6.48. The fraction of sp³-hybridized carbons (Fsp3) is 0.467. The van der Waals surface area contributed by atoms with Crippen molar-refractivity contribution in [1.82, 2.24) is 15.3 Å². The summed E-state index contributed by atoms with van der Waals surface area (Å²) in [6, 6.07) is 1.72. The molecule has 3 N–H and O–H groups in total. The molecule has 9 nitrogen and oxygen atoms in total. The van der Waals surface area contributed by atoms with Crippen LogP contribution < -0.4 is 10.6 Å². The molecule has 0 aliphatic heterocycles. The van der Waals surface area contributed by atoms with Gasteiger partial charge in [-0.15, -0.1) is 0 Å². The minimum atomic E-state index is -0.534. The van der Waals surface area contributed by atoms with E-state index in [0.29, 0.717) is 39.9 Å². The molecule has 1 aromatic carbocycles. The number of nitrogens with one attached hydrogen (secondary N) is 3.